The summed E-state index contributed by atoms with van der Waals surface area (Å²) in [6.07, 6.45) is -10.3. The van der Waals surface area contributed by atoms with E-state index in [1.807, 2.05) is 0 Å². The number of rotatable bonds is 6. The molecule has 226 valence electrons. The molecule has 0 bridgehead atoms. The van der Waals surface area contributed by atoms with E-state index in [1.54, 1.807) is 13.0 Å². The van der Waals surface area contributed by atoms with Crippen molar-refractivity contribution in [3.8, 4) is 0 Å². The lowest BCUT2D eigenvalue weighted by Gasteiger charge is -2.44. The predicted molar refractivity (Wildman–Crippen MR) is 135 cm³/mol. The van der Waals surface area contributed by atoms with Gasteiger partial charge in [-0.25, -0.2) is 17.2 Å². The molecule has 4 rings (SSSR count). The molecule has 14 heteroatoms. The van der Waals surface area contributed by atoms with Crippen molar-refractivity contribution in [1.82, 2.24) is 10.3 Å². The molecule has 1 amide bonds. The van der Waals surface area contributed by atoms with E-state index >= 15 is 0 Å². The highest BCUT2D eigenvalue weighted by molar-refractivity contribution is 7.92. The number of alkyl halides is 7. The van der Waals surface area contributed by atoms with Gasteiger partial charge in [0.1, 0.15) is 10.6 Å². The molecule has 3 unspecified atom stereocenters. The number of nitrogens with one attached hydrogen (secondary N) is 1. The van der Waals surface area contributed by atoms with Crippen LogP contribution in [-0.2, 0) is 20.3 Å². The van der Waals surface area contributed by atoms with Crippen molar-refractivity contribution in [2.75, 3.05) is 0 Å². The first kappa shape index (κ1) is 31.4. The molecule has 1 heterocycles. The Labute approximate surface area is 235 Å². The Balaban J connectivity index is 1.77. The van der Waals surface area contributed by atoms with Crippen LogP contribution >= 0.6 is 0 Å². The van der Waals surface area contributed by atoms with Crippen LogP contribution in [0.25, 0.3) is 0 Å². The highest BCUT2D eigenvalue weighted by atomic mass is 32.2. The summed E-state index contributed by atoms with van der Waals surface area (Å²) in [5, 5.41) is 2.81. The number of carbonyl (C=O) groups is 1. The molecule has 1 aromatic heterocycles. The first-order valence-corrected chi connectivity index (χ1v) is 14.1. The third kappa shape index (κ3) is 5.36. The molecule has 0 spiro atoms. The van der Waals surface area contributed by atoms with Gasteiger partial charge < -0.3 is 5.32 Å². The molecular formula is C28H24F8N2O3S. The number of aromatic nitrogens is 1. The minimum Gasteiger partial charge on any atom is -0.349 e. The average molecular weight is 621 g/mol. The number of nitrogens with zero attached hydrogens (tertiary/aromatic N) is 1. The van der Waals surface area contributed by atoms with Gasteiger partial charge in [-0.3, -0.25) is 9.78 Å². The highest BCUT2D eigenvalue weighted by Crippen LogP contribution is 2.54. The van der Waals surface area contributed by atoms with Crippen molar-refractivity contribution in [2.24, 2.45) is 5.92 Å². The fraction of sp³-hybridized carbons (Fsp3) is 0.357. The van der Waals surface area contributed by atoms with Crippen LogP contribution in [0.4, 0.5) is 35.1 Å². The first-order valence-electron chi connectivity index (χ1n) is 12.6. The van der Waals surface area contributed by atoms with Gasteiger partial charge in [-0.1, -0.05) is 31.2 Å². The lowest BCUT2D eigenvalue weighted by molar-refractivity contribution is -0.348. The van der Waals surface area contributed by atoms with Crippen LogP contribution < -0.4 is 5.32 Å². The van der Waals surface area contributed by atoms with Crippen molar-refractivity contribution in [2.45, 2.75) is 59.9 Å². The molecule has 2 aromatic carbocycles. The summed E-state index contributed by atoms with van der Waals surface area (Å²) in [5.41, 5.74) is -7.37. The van der Waals surface area contributed by atoms with Gasteiger partial charge in [0, 0.05) is 24.0 Å². The SMILES string of the molecule is CC1CC(c2ccc(C(F)(C(F)(F)F)C(F)(F)F)cc2)(S(=O)(=O)c2ccc(F)cc2)CCC1NC(=O)c1cccnc1. The summed E-state index contributed by atoms with van der Waals surface area (Å²) in [6.45, 7) is 1.64. The van der Waals surface area contributed by atoms with Gasteiger partial charge in [0.15, 0.2) is 9.84 Å². The maximum Gasteiger partial charge on any atom is 0.435 e. The lowest BCUT2D eigenvalue weighted by atomic mass is 9.74. The Hall–Kier alpha value is -3.55. The second kappa shape index (κ2) is 10.9. The standard InChI is InChI=1S/C28H24F8N2O3S/c1-17-15-25(42(40,41)22-10-8-21(29)9-11-22,13-12-23(17)38-24(39)18-3-2-14-37-16-18)19-4-6-20(7-5-19)26(30,27(31,32)33)28(34,35)36/h2-11,14,16-17,23H,12-13,15H2,1H3,(H,38,39). The number of hydrogen-bond donors (Lipinski definition) is 1. The van der Waals surface area contributed by atoms with Crippen LogP contribution in [0.2, 0.25) is 0 Å². The van der Waals surface area contributed by atoms with E-state index in [9.17, 15) is 48.3 Å². The summed E-state index contributed by atoms with van der Waals surface area (Å²) >= 11 is 0. The molecule has 1 saturated carbocycles. The molecule has 1 N–H and O–H groups in total. The summed E-state index contributed by atoms with van der Waals surface area (Å²) in [6, 6.07) is 8.35. The molecular weight excluding hydrogens is 596 g/mol. The third-order valence-corrected chi connectivity index (χ3v) is 10.2. The summed E-state index contributed by atoms with van der Waals surface area (Å²) in [5.74, 6) is -1.78. The fourth-order valence-electron chi connectivity index (χ4n) is 5.39. The maximum atomic E-state index is 14.7. The number of pyridine rings is 1. The topological polar surface area (TPSA) is 76.1 Å². The number of sulfone groups is 1. The minimum absolute atomic E-state index is 0.0491. The van der Waals surface area contributed by atoms with Gasteiger partial charge in [0.2, 0.25) is 0 Å². The number of hydrogen-bond acceptors (Lipinski definition) is 4. The Morgan fingerprint density at radius 2 is 1.52 bits per heavy atom. The predicted octanol–water partition coefficient (Wildman–Crippen LogP) is 6.80. The molecule has 3 aromatic rings. The number of amides is 1. The van der Waals surface area contributed by atoms with E-state index in [0.29, 0.717) is 0 Å². The second-order valence-corrected chi connectivity index (χ2v) is 12.5. The zero-order valence-corrected chi connectivity index (χ0v) is 22.6. The Morgan fingerprint density at radius 1 is 0.929 bits per heavy atom. The quantitative estimate of drug-likeness (QED) is 0.243. The Morgan fingerprint density at radius 3 is 2.02 bits per heavy atom. The van der Waals surface area contributed by atoms with E-state index in [1.165, 1.54) is 18.5 Å². The van der Waals surface area contributed by atoms with Crippen molar-refractivity contribution in [3.63, 3.8) is 0 Å². The summed E-state index contributed by atoms with van der Waals surface area (Å²) < 4.78 is 134. The largest absolute Gasteiger partial charge is 0.435 e. The molecule has 42 heavy (non-hydrogen) atoms. The first-order chi connectivity index (χ1) is 19.4. The van der Waals surface area contributed by atoms with Gasteiger partial charge in [-0.2, -0.15) is 26.3 Å². The monoisotopic (exact) mass is 620 g/mol. The highest BCUT2D eigenvalue weighted by Gasteiger charge is 2.73. The second-order valence-electron chi connectivity index (χ2n) is 10.2. The zero-order valence-electron chi connectivity index (χ0n) is 21.8. The lowest BCUT2D eigenvalue weighted by Crippen LogP contribution is -2.51. The van der Waals surface area contributed by atoms with Crippen LogP contribution in [0.3, 0.4) is 0 Å². The molecule has 1 aliphatic rings. The number of benzene rings is 2. The van der Waals surface area contributed by atoms with E-state index in [-0.39, 0.29) is 47.4 Å². The Kier molecular flexibility index (Phi) is 8.17. The average Bonchev–Trinajstić information content (AvgIpc) is 2.93. The van der Waals surface area contributed by atoms with Crippen LogP contribution in [0, 0.1) is 11.7 Å². The van der Waals surface area contributed by atoms with Gasteiger partial charge >= 0.3 is 18.0 Å². The Bertz CT molecular complexity index is 1510. The fourth-order valence-corrected chi connectivity index (χ4v) is 7.65. The smallest absolute Gasteiger partial charge is 0.349 e. The van der Waals surface area contributed by atoms with E-state index in [2.05, 4.69) is 10.3 Å². The molecule has 3 atom stereocenters. The third-order valence-electron chi connectivity index (χ3n) is 7.67. The van der Waals surface area contributed by atoms with Crippen LogP contribution in [0.15, 0.2) is 78.0 Å². The molecule has 1 aliphatic carbocycles. The molecule has 1 fully saturated rings. The van der Waals surface area contributed by atoms with E-state index in [4.69, 9.17) is 0 Å². The van der Waals surface area contributed by atoms with Crippen molar-refractivity contribution in [3.05, 3.63) is 95.6 Å². The molecule has 0 aliphatic heterocycles. The summed E-state index contributed by atoms with van der Waals surface area (Å²) in [7, 11) is -4.46. The van der Waals surface area contributed by atoms with Crippen molar-refractivity contribution < 1.29 is 48.3 Å². The molecule has 5 nitrogen and oxygen atoms in total. The van der Waals surface area contributed by atoms with E-state index in [0.717, 1.165) is 36.4 Å². The maximum absolute atomic E-state index is 14.7. The van der Waals surface area contributed by atoms with Gasteiger partial charge in [0.25, 0.3) is 5.91 Å². The van der Waals surface area contributed by atoms with Crippen molar-refractivity contribution >= 4 is 15.7 Å². The zero-order chi connectivity index (χ0) is 31.1. The molecule has 0 radical (unpaired) electrons. The number of halogens is 8. The minimum atomic E-state index is -6.34. The normalized spacial score (nSPS) is 22.0. The molecule has 0 saturated heterocycles. The van der Waals surface area contributed by atoms with Gasteiger partial charge in [-0.15, -0.1) is 0 Å². The van der Waals surface area contributed by atoms with E-state index < -0.39 is 61.9 Å². The van der Waals surface area contributed by atoms with Gasteiger partial charge in [-0.05, 0) is 67.1 Å². The summed E-state index contributed by atoms with van der Waals surface area (Å²) in [4.78, 5) is 16.3. The van der Waals surface area contributed by atoms with Crippen LogP contribution in [-0.4, -0.2) is 37.7 Å². The number of carbonyl (C=O) groups excluding carboxylic acids is 1. The van der Waals surface area contributed by atoms with Crippen LogP contribution in [0.1, 0.15) is 47.7 Å². The van der Waals surface area contributed by atoms with Gasteiger partial charge in [0.05, 0.1) is 10.5 Å². The van der Waals surface area contributed by atoms with Crippen molar-refractivity contribution in [1.29, 1.82) is 0 Å². The van der Waals surface area contributed by atoms with Crippen LogP contribution in [0.5, 0.6) is 0 Å².